The third-order valence-corrected chi connectivity index (χ3v) is 3.19. The van der Waals surface area contributed by atoms with E-state index in [0.29, 0.717) is 0 Å². The van der Waals surface area contributed by atoms with Gasteiger partial charge in [0.05, 0.1) is 24.4 Å². The molecule has 0 rings (SSSR count). The van der Waals surface area contributed by atoms with Crippen LogP contribution in [0.5, 0.6) is 0 Å². The molecule has 0 aliphatic rings. The molecule has 0 saturated carbocycles. The molecule has 0 saturated heterocycles. The van der Waals surface area contributed by atoms with Crippen molar-refractivity contribution in [3.63, 3.8) is 0 Å². The first-order valence-corrected chi connectivity index (χ1v) is 6.72. The van der Waals surface area contributed by atoms with Crippen molar-refractivity contribution in [2.45, 2.75) is 65.6 Å². The minimum absolute atomic E-state index is 0.113. The van der Waals surface area contributed by atoms with Gasteiger partial charge in [-0.3, -0.25) is 0 Å². The van der Waals surface area contributed by atoms with Gasteiger partial charge in [-0.2, -0.15) is 0 Å². The van der Waals surface area contributed by atoms with E-state index in [4.69, 9.17) is 14.2 Å². The van der Waals surface area contributed by atoms with E-state index in [1.165, 1.54) is 0 Å². The Bertz CT molecular complexity index is 232. The molecule has 0 bridgehead atoms. The standard InChI is InChI=1S/C15H32O3/c1-13(2,12-16-7)11-15(5,6)18-10-9-14(3,4)17-8/h9-12H2,1-8H3. The lowest BCUT2D eigenvalue weighted by Crippen LogP contribution is -2.35. The Hall–Kier alpha value is -0.120. The lowest BCUT2D eigenvalue weighted by atomic mass is 9.82. The maximum Gasteiger partial charge on any atom is 0.0644 e. The zero-order chi connectivity index (χ0) is 14.4. The molecule has 0 aromatic rings. The van der Waals surface area contributed by atoms with Gasteiger partial charge in [-0.05, 0) is 46.0 Å². The molecule has 110 valence electrons. The van der Waals surface area contributed by atoms with E-state index in [9.17, 15) is 0 Å². The highest BCUT2D eigenvalue weighted by atomic mass is 16.5. The Morgan fingerprint density at radius 2 is 1.39 bits per heavy atom. The molecular weight excluding hydrogens is 228 g/mol. The summed E-state index contributed by atoms with van der Waals surface area (Å²) in [4.78, 5) is 0. The van der Waals surface area contributed by atoms with Crippen LogP contribution in [0.3, 0.4) is 0 Å². The zero-order valence-corrected chi connectivity index (χ0v) is 13.6. The predicted octanol–water partition coefficient (Wildman–Crippen LogP) is 3.66. The van der Waals surface area contributed by atoms with Gasteiger partial charge in [-0.25, -0.2) is 0 Å². The Morgan fingerprint density at radius 3 is 1.83 bits per heavy atom. The second kappa shape index (κ2) is 6.88. The fraction of sp³-hybridized carbons (Fsp3) is 1.00. The maximum absolute atomic E-state index is 6.01. The highest BCUT2D eigenvalue weighted by molar-refractivity contribution is 4.80. The number of hydrogen-bond donors (Lipinski definition) is 0. The number of rotatable bonds is 9. The van der Waals surface area contributed by atoms with E-state index in [2.05, 4.69) is 41.5 Å². The molecule has 3 nitrogen and oxygen atoms in total. The van der Waals surface area contributed by atoms with Gasteiger partial charge >= 0.3 is 0 Å². The summed E-state index contributed by atoms with van der Waals surface area (Å²) in [5, 5.41) is 0. The fourth-order valence-electron chi connectivity index (χ4n) is 2.32. The molecule has 0 atom stereocenters. The van der Waals surface area contributed by atoms with Crippen molar-refractivity contribution in [3.8, 4) is 0 Å². The third-order valence-electron chi connectivity index (χ3n) is 3.19. The van der Waals surface area contributed by atoms with E-state index in [-0.39, 0.29) is 16.6 Å². The van der Waals surface area contributed by atoms with Gasteiger partial charge in [0.1, 0.15) is 0 Å². The van der Waals surface area contributed by atoms with Crippen molar-refractivity contribution in [3.05, 3.63) is 0 Å². The van der Waals surface area contributed by atoms with Crippen LogP contribution in [-0.2, 0) is 14.2 Å². The first kappa shape index (κ1) is 17.9. The minimum atomic E-state index is -0.133. The molecule has 18 heavy (non-hydrogen) atoms. The Labute approximate surface area is 113 Å². The van der Waals surface area contributed by atoms with Crippen LogP contribution in [0, 0.1) is 5.41 Å². The molecule has 0 unspecified atom stereocenters. The van der Waals surface area contributed by atoms with Crippen molar-refractivity contribution in [1.82, 2.24) is 0 Å². The molecule has 0 amide bonds. The van der Waals surface area contributed by atoms with Gasteiger partial charge in [0.25, 0.3) is 0 Å². The van der Waals surface area contributed by atoms with E-state index in [0.717, 1.165) is 26.1 Å². The Balaban J connectivity index is 4.16. The second-order valence-electron chi connectivity index (χ2n) is 7.10. The van der Waals surface area contributed by atoms with Gasteiger partial charge in [0.15, 0.2) is 0 Å². The summed E-state index contributed by atoms with van der Waals surface area (Å²) in [5.41, 5.74) is -0.112. The van der Waals surface area contributed by atoms with Crippen LogP contribution in [-0.4, -0.2) is 38.6 Å². The highest BCUT2D eigenvalue weighted by Crippen LogP contribution is 2.30. The monoisotopic (exact) mass is 260 g/mol. The highest BCUT2D eigenvalue weighted by Gasteiger charge is 2.30. The first-order valence-electron chi connectivity index (χ1n) is 6.72. The topological polar surface area (TPSA) is 27.7 Å². The van der Waals surface area contributed by atoms with Crippen LogP contribution in [0.25, 0.3) is 0 Å². The molecule has 0 aliphatic heterocycles. The van der Waals surface area contributed by atoms with Crippen LogP contribution < -0.4 is 0 Å². The van der Waals surface area contributed by atoms with Gasteiger partial charge in [0, 0.05) is 14.2 Å². The van der Waals surface area contributed by atoms with Crippen LogP contribution in [0.15, 0.2) is 0 Å². The fourth-order valence-corrected chi connectivity index (χ4v) is 2.32. The summed E-state index contributed by atoms with van der Waals surface area (Å²) in [5.74, 6) is 0. The predicted molar refractivity (Wildman–Crippen MR) is 76.0 cm³/mol. The first-order chi connectivity index (χ1) is 8.04. The smallest absolute Gasteiger partial charge is 0.0644 e. The summed E-state index contributed by atoms with van der Waals surface area (Å²) in [6.45, 7) is 14.3. The molecule has 0 radical (unpaired) electrons. The molecule has 0 aliphatic carbocycles. The van der Waals surface area contributed by atoms with Crippen molar-refractivity contribution in [2.75, 3.05) is 27.4 Å². The van der Waals surface area contributed by atoms with Crippen LogP contribution in [0.4, 0.5) is 0 Å². The maximum atomic E-state index is 6.01. The number of hydrogen-bond acceptors (Lipinski definition) is 3. The normalized spacial score (nSPS) is 14.0. The largest absolute Gasteiger partial charge is 0.384 e. The quantitative estimate of drug-likeness (QED) is 0.633. The summed E-state index contributed by atoms with van der Waals surface area (Å²) in [6.07, 6.45) is 1.87. The van der Waals surface area contributed by atoms with Crippen molar-refractivity contribution < 1.29 is 14.2 Å². The third kappa shape index (κ3) is 8.06. The molecule has 0 fully saturated rings. The van der Waals surface area contributed by atoms with Crippen molar-refractivity contribution in [2.24, 2.45) is 5.41 Å². The summed E-state index contributed by atoms with van der Waals surface area (Å²) < 4.78 is 16.7. The molecule has 0 heterocycles. The Kier molecular flexibility index (Phi) is 6.83. The van der Waals surface area contributed by atoms with Crippen LogP contribution in [0.2, 0.25) is 0 Å². The van der Waals surface area contributed by atoms with E-state index in [1.807, 2.05) is 0 Å². The zero-order valence-electron chi connectivity index (χ0n) is 13.6. The van der Waals surface area contributed by atoms with Gasteiger partial charge in [0.2, 0.25) is 0 Å². The molecule has 0 N–H and O–H groups in total. The van der Waals surface area contributed by atoms with Gasteiger partial charge in [-0.1, -0.05) is 13.8 Å². The van der Waals surface area contributed by atoms with Crippen molar-refractivity contribution in [1.29, 1.82) is 0 Å². The number of methoxy groups -OCH3 is 2. The second-order valence-corrected chi connectivity index (χ2v) is 7.10. The SMILES string of the molecule is COCC(C)(C)CC(C)(C)OCCC(C)(C)OC. The van der Waals surface area contributed by atoms with Crippen LogP contribution >= 0.6 is 0 Å². The minimum Gasteiger partial charge on any atom is -0.384 e. The molecule has 0 aromatic heterocycles. The van der Waals surface area contributed by atoms with E-state index in [1.54, 1.807) is 14.2 Å². The van der Waals surface area contributed by atoms with Crippen LogP contribution in [0.1, 0.15) is 54.4 Å². The van der Waals surface area contributed by atoms with E-state index < -0.39 is 0 Å². The van der Waals surface area contributed by atoms with Gasteiger partial charge in [-0.15, -0.1) is 0 Å². The average molecular weight is 260 g/mol. The number of ether oxygens (including phenoxy) is 3. The summed E-state index contributed by atoms with van der Waals surface area (Å²) >= 11 is 0. The molecular formula is C15H32O3. The Morgan fingerprint density at radius 1 is 0.833 bits per heavy atom. The summed E-state index contributed by atoms with van der Waals surface area (Å²) in [7, 11) is 3.49. The average Bonchev–Trinajstić information content (AvgIpc) is 2.14. The lowest BCUT2D eigenvalue weighted by molar-refractivity contribution is -0.0807. The molecule has 0 aromatic carbocycles. The molecule has 0 spiro atoms. The van der Waals surface area contributed by atoms with Gasteiger partial charge < -0.3 is 14.2 Å². The lowest BCUT2D eigenvalue weighted by Gasteiger charge is -2.35. The molecule has 3 heteroatoms. The van der Waals surface area contributed by atoms with Crippen molar-refractivity contribution >= 4 is 0 Å². The van der Waals surface area contributed by atoms with E-state index >= 15 is 0 Å². The summed E-state index contributed by atoms with van der Waals surface area (Å²) in [6, 6.07) is 0.